The highest BCUT2D eigenvalue weighted by Crippen LogP contribution is 2.26. The summed E-state index contributed by atoms with van der Waals surface area (Å²) in [7, 11) is 9.92. The molecule has 12 amide bonds. The van der Waals surface area contributed by atoms with Crippen LogP contribution >= 0.6 is 0 Å². The summed E-state index contributed by atoms with van der Waals surface area (Å²) in [6, 6.07) is -12.3. The van der Waals surface area contributed by atoms with Gasteiger partial charge in [0.2, 0.25) is 65.0 Å². The Kier molecular flexibility index (Phi) is 35.0. The number of amides is 12. The van der Waals surface area contributed by atoms with E-state index in [9.17, 15) is 48.3 Å². The maximum atomic E-state index is 15.1. The lowest BCUT2D eigenvalue weighted by atomic mass is 9.91. The number of carbonyl (C=O) groups is 12. The minimum Gasteiger partial charge on any atom is -0.465 e. The summed E-state index contributed by atoms with van der Waals surface area (Å²) in [6.07, 6.45) is 1.71. The van der Waals surface area contributed by atoms with Gasteiger partial charge in [-0.15, -0.1) is 0 Å². The van der Waals surface area contributed by atoms with E-state index in [1.54, 1.807) is 54.5 Å². The lowest BCUT2D eigenvalue weighted by Crippen LogP contribution is -2.63. The van der Waals surface area contributed by atoms with Crippen molar-refractivity contribution in [3.63, 3.8) is 0 Å². The van der Waals surface area contributed by atoms with Gasteiger partial charge in [-0.1, -0.05) is 109 Å². The van der Waals surface area contributed by atoms with Gasteiger partial charge < -0.3 is 71.5 Å². The standard InChI is InChI=1S/C62H111N11O12.CH3NO2/c1-25-27-28-40(15)52(75)51-56(79)65-43(26-2)58(81)67(18)33-48(74)68(19)44(29-34(3)4)55(78)66-49(38(11)12)61(84)69(20)45(30-35(5)6)54(77)63-41(16)53(76)64-42(17)57(80)70(21)46(31-36(7)8)59(82)71(22)47(32-37(9)10)60(83)72(23)50(39(13)14)62(85)73(51)24;2-1(3)4/h25,27,34-47,49-52,75H,26,28-33H2,1-24H3,(H,63,77)(H,64,76)(H,65,79)(H,66,78);2H2,(H,3,4)/t40-,41+,42-,43+,44+,45+,46+,47+,49+,50+,51+,52-;/m1./s1. The largest absolute Gasteiger partial charge is 0.465 e. The van der Waals surface area contributed by atoms with Crippen LogP contribution in [0.3, 0.4) is 0 Å². The van der Waals surface area contributed by atoms with Gasteiger partial charge in [0.15, 0.2) is 0 Å². The topological polar surface area (TPSA) is 342 Å². The van der Waals surface area contributed by atoms with E-state index in [1.807, 2.05) is 61.5 Å². The molecule has 1 saturated heterocycles. The summed E-state index contributed by atoms with van der Waals surface area (Å²) < 4.78 is 0. The summed E-state index contributed by atoms with van der Waals surface area (Å²) >= 11 is 0. The smallest absolute Gasteiger partial charge is 0.402 e. The molecule has 0 radical (unpaired) electrons. The average Bonchev–Trinajstić information content (AvgIpc) is 0.999. The second kappa shape index (κ2) is 38.0. The molecule has 0 spiro atoms. The van der Waals surface area contributed by atoms with Gasteiger partial charge >= 0.3 is 6.09 Å². The van der Waals surface area contributed by atoms with Crippen LogP contribution in [-0.2, 0) is 52.7 Å². The lowest BCUT2D eigenvalue weighted by Gasteiger charge is -2.41. The third-order valence-electron chi connectivity index (χ3n) is 16.1. The molecule has 1 rings (SSSR count). The Labute approximate surface area is 530 Å². The van der Waals surface area contributed by atoms with Crippen LogP contribution < -0.4 is 27.0 Å². The molecular weight excluding hydrogens is 1150 g/mol. The van der Waals surface area contributed by atoms with Crippen molar-refractivity contribution in [2.45, 2.75) is 223 Å². The van der Waals surface area contributed by atoms with E-state index < -0.39 is 162 Å². The predicted octanol–water partition coefficient (Wildman–Crippen LogP) is 2.89. The molecule has 0 aromatic rings. The van der Waals surface area contributed by atoms with Crippen LogP contribution in [-0.4, -0.2) is 238 Å². The quantitative estimate of drug-likeness (QED) is 0.116. The van der Waals surface area contributed by atoms with Crippen LogP contribution in [0.4, 0.5) is 4.79 Å². The number of carbonyl (C=O) groups excluding carboxylic acids is 11. The fourth-order valence-corrected chi connectivity index (χ4v) is 10.7. The third kappa shape index (κ3) is 24.8. The molecule has 26 nitrogen and oxygen atoms in total. The second-order valence-electron chi connectivity index (χ2n) is 26.4. The van der Waals surface area contributed by atoms with Gasteiger partial charge in [0.25, 0.3) is 0 Å². The lowest BCUT2D eigenvalue weighted by molar-refractivity contribution is -0.157. The molecule has 1 aliphatic rings. The Morgan fingerprint density at radius 2 is 0.899 bits per heavy atom. The number of carboxylic acid groups (broad SMARTS) is 1. The number of rotatable bonds is 15. The number of primary amides is 1. The number of allylic oxidation sites excluding steroid dienone is 2. The molecule has 0 saturated carbocycles. The van der Waals surface area contributed by atoms with Crippen molar-refractivity contribution in [2.75, 3.05) is 55.9 Å². The van der Waals surface area contributed by atoms with Gasteiger partial charge in [-0.2, -0.15) is 0 Å². The fraction of sp³-hybridized carbons (Fsp3) is 0.778. The SMILES string of the molecule is CC=CC[C@@H](C)[C@@H](O)[C@H]1C(=O)N[C@@H](CC)C(=O)N(C)CC(=O)N(C)[C@@H](CC(C)C)C(=O)N[C@@H](C(C)C)C(=O)N(C)[C@@H](CC(C)C)C(=O)N[C@@H](C)C(=O)N[C@H](C)C(=O)N(C)[C@@H](CC(C)C)C(=O)N(C)[C@@H](CC(C)C)C(=O)N(C)[C@@H](C(C)C)C(=O)N1C.NC(=O)O. The molecule has 26 heteroatoms. The molecule has 510 valence electrons. The summed E-state index contributed by atoms with van der Waals surface area (Å²) in [5.41, 5.74) is 4.03. The Morgan fingerprint density at radius 3 is 1.33 bits per heavy atom. The predicted molar refractivity (Wildman–Crippen MR) is 341 cm³/mol. The highest BCUT2D eigenvalue weighted by molar-refractivity contribution is 5.99. The van der Waals surface area contributed by atoms with Gasteiger partial charge in [0.1, 0.15) is 60.4 Å². The first-order valence-electron chi connectivity index (χ1n) is 31.3. The summed E-state index contributed by atoms with van der Waals surface area (Å²) in [5, 5.41) is 30.3. The number of hydrogen-bond acceptors (Lipinski definition) is 13. The molecule has 8 N–H and O–H groups in total. The molecule has 1 fully saturated rings. The van der Waals surface area contributed by atoms with Gasteiger partial charge in [-0.3, -0.25) is 52.7 Å². The number of aliphatic hydroxyl groups excluding tert-OH is 1. The van der Waals surface area contributed by atoms with Crippen molar-refractivity contribution >= 4 is 71.1 Å². The summed E-state index contributed by atoms with van der Waals surface area (Å²) in [4.78, 5) is 177. The molecule has 12 atom stereocenters. The first-order valence-corrected chi connectivity index (χ1v) is 31.3. The molecule has 1 aliphatic heterocycles. The van der Waals surface area contributed by atoms with E-state index in [4.69, 9.17) is 9.90 Å². The minimum absolute atomic E-state index is 0.0229. The minimum atomic E-state index is -1.61. The fourth-order valence-electron chi connectivity index (χ4n) is 10.7. The van der Waals surface area contributed by atoms with Crippen LogP contribution in [0.25, 0.3) is 0 Å². The van der Waals surface area contributed by atoms with Crippen molar-refractivity contribution in [1.82, 2.24) is 55.6 Å². The molecule has 0 aliphatic carbocycles. The van der Waals surface area contributed by atoms with Crippen molar-refractivity contribution in [3.8, 4) is 0 Å². The van der Waals surface area contributed by atoms with E-state index in [1.165, 1.54) is 87.7 Å². The number of nitrogens with two attached hydrogens (primary N) is 1. The normalized spacial score (nSPS) is 26.0. The highest BCUT2D eigenvalue weighted by atomic mass is 16.4. The summed E-state index contributed by atoms with van der Waals surface area (Å²) in [5.74, 6) is -9.71. The zero-order chi connectivity index (χ0) is 69.6. The van der Waals surface area contributed by atoms with Crippen LogP contribution in [0.1, 0.15) is 156 Å². The van der Waals surface area contributed by atoms with Crippen LogP contribution in [0.2, 0.25) is 0 Å². The average molecular weight is 1260 g/mol. The molecule has 1 heterocycles. The maximum absolute atomic E-state index is 15.1. The molecule has 0 bridgehead atoms. The molecule has 0 aromatic heterocycles. The van der Waals surface area contributed by atoms with E-state index in [2.05, 4.69) is 27.0 Å². The van der Waals surface area contributed by atoms with Crippen molar-refractivity contribution in [2.24, 2.45) is 47.2 Å². The Balaban J connectivity index is 0.0000187. The number of aliphatic hydroxyl groups is 1. The van der Waals surface area contributed by atoms with E-state index >= 15 is 9.59 Å². The zero-order valence-corrected chi connectivity index (χ0v) is 58.0. The van der Waals surface area contributed by atoms with Gasteiger partial charge in [-0.25, -0.2) is 4.79 Å². The van der Waals surface area contributed by atoms with E-state index in [0.29, 0.717) is 6.42 Å². The Bertz CT molecular complexity index is 2430. The van der Waals surface area contributed by atoms with Crippen LogP contribution in [0.5, 0.6) is 0 Å². The second-order valence-corrected chi connectivity index (χ2v) is 26.4. The molecule has 89 heavy (non-hydrogen) atoms. The molecular formula is C63H114N12O14. The van der Waals surface area contributed by atoms with Gasteiger partial charge in [0, 0.05) is 49.3 Å². The summed E-state index contributed by atoms with van der Waals surface area (Å²) in [6.45, 7) is 29.3. The first-order chi connectivity index (χ1) is 40.9. The van der Waals surface area contributed by atoms with Crippen molar-refractivity contribution in [1.29, 1.82) is 0 Å². The van der Waals surface area contributed by atoms with Crippen molar-refractivity contribution < 1.29 is 67.7 Å². The first kappa shape index (κ1) is 82.1. The Hall–Kier alpha value is -6.86. The number of nitrogens with zero attached hydrogens (tertiary/aromatic N) is 7. The van der Waals surface area contributed by atoms with Crippen molar-refractivity contribution in [3.05, 3.63) is 12.2 Å². The van der Waals surface area contributed by atoms with Crippen LogP contribution in [0.15, 0.2) is 12.2 Å². The number of hydrogen-bond donors (Lipinski definition) is 7. The molecule has 0 aromatic carbocycles. The van der Waals surface area contributed by atoms with E-state index in [0.717, 1.165) is 9.80 Å². The number of nitrogens with one attached hydrogen (secondary N) is 4. The number of likely N-dealkylation sites (N-methyl/N-ethyl adjacent to an activating group) is 7. The van der Waals surface area contributed by atoms with Gasteiger partial charge in [0.05, 0.1) is 12.6 Å². The van der Waals surface area contributed by atoms with Gasteiger partial charge in [-0.05, 0) is 101 Å². The molecule has 0 unspecified atom stereocenters. The van der Waals surface area contributed by atoms with E-state index in [-0.39, 0.29) is 55.8 Å². The monoisotopic (exact) mass is 1260 g/mol. The zero-order valence-electron chi connectivity index (χ0n) is 58.0. The third-order valence-corrected chi connectivity index (χ3v) is 16.1. The Morgan fingerprint density at radius 1 is 0.506 bits per heavy atom. The maximum Gasteiger partial charge on any atom is 0.402 e. The highest BCUT2D eigenvalue weighted by Gasteiger charge is 2.45. The van der Waals surface area contributed by atoms with Crippen LogP contribution in [0, 0.1) is 41.4 Å².